The summed E-state index contributed by atoms with van der Waals surface area (Å²) in [5.41, 5.74) is 15.0. The standard InChI is InChI=1S/C36H35N7/c1-20-22(3)39-24(5)26(7)41(35(39)37-20)28-12-11-13-29(18-28)43-33-15-10-9-14-31(33)32-17-16-30(19-34(32)43)42-27(8)25(6)40-23(4)21(2)38-36(40)42/h9-19H,1-8H3. The Morgan fingerprint density at radius 3 is 1.53 bits per heavy atom. The summed E-state index contributed by atoms with van der Waals surface area (Å²) in [7, 11) is 0. The molecule has 3 aromatic carbocycles. The highest BCUT2D eigenvalue weighted by Gasteiger charge is 2.21. The second kappa shape index (κ2) is 8.74. The van der Waals surface area contributed by atoms with Crippen molar-refractivity contribution in [2.24, 2.45) is 0 Å². The lowest BCUT2D eigenvalue weighted by molar-refractivity contribution is 1.01. The summed E-state index contributed by atoms with van der Waals surface area (Å²) in [4.78, 5) is 9.93. The summed E-state index contributed by atoms with van der Waals surface area (Å²) in [6, 6.07) is 24.3. The van der Waals surface area contributed by atoms with Crippen molar-refractivity contribution < 1.29 is 0 Å². The molecule has 0 fully saturated rings. The molecule has 0 saturated heterocycles. The van der Waals surface area contributed by atoms with Gasteiger partial charge in [-0.1, -0.05) is 30.3 Å². The molecule has 8 rings (SSSR count). The maximum Gasteiger partial charge on any atom is 0.219 e. The summed E-state index contributed by atoms with van der Waals surface area (Å²) in [5.74, 6) is 1.92. The Morgan fingerprint density at radius 2 is 0.930 bits per heavy atom. The second-order valence-corrected chi connectivity index (χ2v) is 11.9. The summed E-state index contributed by atoms with van der Waals surface area (Å²) in [6.07, 6.45) is 0. The van der Waals surface area contributed by atoms with E-state index in [0.29, 0.717) is 0 Å². The molecule has 7 nitrogen and oxygen atoms in total. The van der Waals surface area contributed by atoms with Crippen LogP contribution in [-0.2, 0) is 0 Å². The lowest BCUT2D eigenvalue weighted by Gasteiger charge is -2.13. The minimum atomic E-state index is 0.958. The van der Waals surface area contributed by atoms with Gasteiger partial charge in [0.05, 0.1) is 33.8 Å². The number of benzene rings is 3. The van der Waals surface area contributed by atoms with Gasteiger partial charge in [-0.05, 0) is 91.8 Å². The molecule has 0 aliphatic carbocycles. The number of hydrogen-bond acceptors (Lipinski definition) is 2. The summed E-state index contributed by atoms with van der Waals surface area (Å²) in [5, 5.41) is 2.47. The van der Waals surface area contributed by atoms with E-state index in [2.05, 4.69) is 145 Å². The predicted octanol–water partition coefficient (Wildman–Crippen LogP) is 8.13. The van der Waals surface area contributed by atoms with Crippen LogP contribution in [0.2, 0.25) is 0 Å². The number of nitrogens with zero attached hydrogens (tertiary/aromatic N) is 7. The molecule has 0 N–H and O–H groups in total. The minimum absolute atomic E-state index is 0.958. The van der Waals surface area contributed by atoms with Gasteiger partial charge in [-0.25, -0.2) is 9.97 Å². The normalized spacial score (nSPS) is 12.2. The molecule has 0 amide bonds. The second-order valence-electron chi connectivity index (χ2n) is 11.9. The summed E-state index contributed by atoms with van der Waals surface area (Å²) in [6.45, 7) is 17.2. The van der Waals surface area contributed by atoms with Crippen molar-refractivity contribution in [1.82, 2.24) is 32.5 Å². The topological polar surface area (TPSA) is 49.4 Å². The monoisotopic (exact) mass is 565 g/mol. The van der Waals surface area contributed by atoms with Gasteiger partial charge in [0.25, 0.3) is 0 Å². The number of aromatic nitrogens is 7. The van der Waals surface area contributed by atoms with Crippen LogP contribution in [-0.4, -0.2) is 32.5 Å². The van der Waals surface area contributed by atoms with Gasteiger partial charge in [0.2, 0.25) is 11.6 Å². The molecule has 0 spiro atoms. The third-order valence-electron chi connectivity index (χ3n) is 9.70. The third kappa shape index (κ3) is 3.30. The summed E-state index contributed by atoms with van der Waals surface area (Å²) < 4.78 is 11.5. The molecule has 214 valence electrons. The van der Waals surface area contributed by atoms with Crippen molar-refractivity contribution in [2.75, 3.05) is 0 Å². The molecule has 43 heavy (non-hydrogen) atoms. The first-order valence-electron chi connectivity index (χ1n) is 14.9. The van der Waals surface area contributed by atoms with Crippen molar-refractivity contribution in [3.05, 3.63) is 112 Å². The third-order valence-corrected chi connectivity index (χ3v) is 9.70. The Morgan fingerprint density at radius 1 is 0.419 bits per heavy atom. The lowest BCUT2D eigenvalue weighted by atomic mass is 10.1. The molecule has 8 aromatic rings. The highest BCUT2D eigenvalue weighted by molar-refractivity contribution is 6.09. The van der Waals surface area contributed by atoms with Crippen LogP contribution in [0.4, 0.5) is 0 Å². The zero-order valence-corrected chi connectivity index (χ0v) is 26.0. The van der Waals surface area contributed by atoms with Crippen LogP contribution in [0.1, 0.15) is 45.6 Å². The van der Waals surface area contributed by atoms with Crippen LogP contribution >= 0.6 is 0 Å². The molecule has 0 radical (unpaired) electrons. The largest absolute Gasteiger partial charge is 0.309 e. The molecule has 0 atom stereocenters. The van der Waals surface area contributed by atoms with Crippen molar-refractivity contribution in [1.29, 1.82) is 0 Å². The number of hydrogen-bond donors (Lipinski definition) is 0. The number of rotatable bonds is 3. The van der Waals surface area contributed by atoms with Gasteiger partial charge >= 0.3 is 0 Å². The van der Waals surface area contributed by atoms with E-state index in [9.17, 15) is 0 Å². The Kier molecular flexibility index (Phi) is 5.21. The van der Waals surface area contributed by atoms with E-state index in [-0.39, 0.29) is 0 Å². The molecule has 0 aliphatic rings. The Hall–Kier alpha value is -5.04. The van der Waals surface area contributed by atoms with Gasteiger partial charge in [0.15, 0.2) is 0 Å². The number of para-hydroxylation sites is 1. The predicted molar refractivity (Wildman–Crippen MR) is 175 cm³/mol. The first-order valence-corrected chi connectivity index (χ1v) is 14.9. The van der Waals surface area contributed by atoms with Gasteiger partial charge in [-0.15, -0.1) is 0 Å². The number of aryl methyl sites for hydroxylation is 6. The van der Waals surface area contributed by atoms with E-state index in [1.165, 1.54) is 50.5 Å². The van der Waals surface area contributed by atoms with Crippen LogP contribution in [0, 0.1) is 55.4 Å². The zero-order valence-electron chi connectivity index (χ0n) is 26.0. The minimum Gasteiger partial charge on any atom is -0.309 e. The Balaban J connectivity index is 1.40. The van der Waals surface area contributed by atoms with Crippen molar-refractivity contribution in [3.8, 4) is 17.1 Å². The molecule has 0 aliphatic heterocycles. The fourth-order valence-electron chi connectivity index (χ4n) is 7.00. The number of fused-ring (bicyclic) bond motifs is 5. The highest BCUT2D eigenvalue weighted by atomic mass is 15.2. The van der Waals surface area contributed by atoms with E-state index in [1.54, 1.807) is 0 Å². The van der Waals surface area contributed by atoms with Crippen LogP contribution in [0.3, 0.4) is 0 Å². The van der Waals surface area contributed by atoms with Gasteiger partial charge in [0.1, 0.15) is 0 Å². The van der Waals surface area contributed by atoms with E-state index in [4.69, 9.17) is 9.97 Å². The molecule has 5 heterocycles. The first kappa shape index (κ1) is 25.7. The Labute approximate surface area is 250 Å². The zero-order chi connectivity index (χ0) is 29.9. The quantitative estimate of drug-likeness (QED) is 0.217. The SMILES string of the molecule is Cc1nc2n(-c3cccc(-n4c5ccccc5c5ccc(-n6c(C)c(C)n7c(C)c(C)nc67)cc54)c3)c(C)c(C)n2c1C. The van der Waals surface area contributed by atoms with E-state index in [1.807, 2.05) is 0 Å². The van der Waals surface area contributed by atoms with E-state index >= 15 is 0 Å². The Bertz CT molecular complexity index is 2430. The van der Waals surface area contributed by atoms with E-state index < -0.39 is 0 Å². The van der Waals surface area contributed by atoms with Crippen molar-refractivity contribution in [2.45, 2.75) is 55.4 Å². The molecule has 0 unspecified atom stereocenters. The van der Waals surface area contributed by atoms with Crippen LogP contribution in [0.15, 0.2) is 66.7 Å². The summed E-state index contributed by atoms with van der Waals surface area (Å²) >= 11 is 0. The molecule has 0 bridgehead atoms. The molecular formula is C36H35N7. The van der Waals surface area contributed by atoms with Gasteiger partial charge in [0, 0.05) is 50.6 Å². The average Bonchev–Trinajstić information content (AvgIpc) is 3.72. The van der Waals surface area contributed by atoms with Crippen LogP contribution < -0.4 is 0 Å². The maximum absolute atomic E-state index is 4.97. The number of imidazole rings is 4. The fourth-order valence-corrected chi connectivity index (χ4v) is 7.00. The van der Waals surface area contributed by atoms with Crippen molar-refractivity contribution in [3.63, 3.8) is 0 Å². The molecule has 5 aromatic heterocycles. The average molecular weight is 566 g/mol. The molecule has 0 saturated carbocycles. The molecule has 7 heteroatoms. The first-order chi connectivity index (χ1) is 20.7. The fraction of sp³-hybridized carbons (Fsp3) is 0.222. The van der Waals surface area contributed by atoms with Crippen LogP contribution in [0.25, 0.3) is 50.4 Å². The van der Waals surface area contributed by atoms with E-state index in [0.717, 1.165) is 45.5 Å². The smallest absolute Gasteiger partial charge is 0.219 e. The maximum atomic E-state index is 4.97. The van der Waals surface area contributed by atoms with Gasteiger partial charge in [-0.2, -0.15) is 0 Å². The molecular weight excluding hydrogens is 530 g/mol. The van der Waals surface area contributed by atoms with Crippen molar-refractivity contribution >= 4 is 33.4 Å². The lowest BCUT2D eigenvalue weighted by Crippen LogP contribution is -2.02. The van der Waals surface area contributed by atoms with Gasteiger partial charge < -0.3 is 4.57 Å². The van der Waals surface area contributed by atoms with Gasteiger partial charge in [-0.3, -0.25) is 17.9 Å². The van der Waals surface area contributed by atoms with Crippen LogP contribution in [0.5, 0.6) is 0 Å². The highest BCUT2D eigenvalue weighted by Crippen LogP contribution is 2.35.